The van der Waals surface area contributed by atoms with Gasteiger partial charge in [-0.1, -0.05) is 84.0 Å². The fourth-order valence-corrected chi connectivity index (χ4v) is 7.44. The van der Waals surface area contributed by atoms with Crippen LogP contribution in [0.5, 0.6) is 11.5 Å². The van der Waals surface area contributed by atoms with E-state index in [0.29, 0.717) is 30.7 Å². The molecule has 0 fully saturated rings. The average molecular weight is 730 g/mol. The van der Waals surface area contributed by atoms with Crippen molar-refractivity contribution in [3.8, 4) is 11.5 Å². The van der Waals surface area contributed by atoms with Gasteiger partial charge in [-0.15, -0.1) is 0 Å². The number of benzene rings is 1. The zero-order chi connectivity index (χ0) is 36.5. The summed E-state index contributed by atoms with van der Waals surface area (Å²) in [7, 11) is -3.27. The summed E-state index contributed by atoms with van der Waals surface area (Å²) < 4.78 is 70.9. The molecule has 12 heteroatoms. The summed E-state index contributed by atoms with van der Waals surface area (Å²) in [6, 6.07) is 10.1. The number of alkyl halides is 3. The molecule has 2 rings (SSSR count). The van der Waals surface area contributed by atoms with Gasteiger partial charge in [0.1, 0.15) is 11.4 Å². The van der Waals surface area contributed by atoms with Crippen LogP contribution in [-0.2, 0) is 31.4 Å². The van der Waals surface area contributed by atoms with E-state index in [4.69, 9.17) is 13.8 Å². The van der Waals surface area contributed by atoms with Crippen LogP contribution in [0.1, 0.15) is 128 Å². The highest BCUT2D eigenvalue weighted by atomic mass is 31.2. The van der Waals surface area contributed by atoms with Crippen molar-refractivity contribution in [3.63, 3.8) is 0 Å². The number of aromatic nitrogens is 1. The van der Waals surface area contributed by atoms with Crippen molar-refractivity contribution in [2.75, 3.05) is 26.0 Å². The van der Waals surface area contributed by atoms with E-state index >= 15 is 0 Å². The van der Waals surface area contributed by atoms with E-state index in [1.165, 1.54) is 82.5 Å². The van der Waals surface area contributed by atoms with Gasteiger partial charge in [-0.05, 0) is 56.9 Å². The molecule has 284 valence electrons. The number of hydrogen-bond acceptors (Lipinski definition) is 6. The van der Waals surface area contributed by atoms with Crippen LogP contribution < -0.4 is 10.1 Å². The molecule has 0 radical (unpaired) electrons. The Kier molecular flexibility index (Phi) is 22.1. The molecule has 1 aromatic heterocycles. The predicted molar refractivity (Wildman–Crippen MR) is 194 cm³/mol. The molecule has 1 aromatic carbocycles. The molecule has 0 aliphatic carbocycles. The van der Waals surface area contributed by atoms with Crippen molar-refractivity contribution in [3.05, 3.63) is 53.9 Å². The highest BCUT2D eigenvalue weighted by Crippen LogP contribution is 2.48. The lowest BCUT2D eigenvalue weighted by atomic mass is 10.0. The third kappa shape index (κ3) is 20.9. The Morgan fingerprint density at radius 2 is 1.44 bits per heavy atom. The summed E-state index contributed by atoms with van der Waals surface area (Å²) in [6.45, 7) is 5.16. The summed E-state index contributed by atoms with van der Waals surface area (Å²) in [6.07, 6.45) is 14.8. The molecule has 50 heavy (non-hydrogen) atoms. The lowest BCUT2D eigenvalue weighted by molar-refractivity contribution is -0.153. The first-order valence-corrected chi connectivity index (χ1v) is 20.4. The van der Waals surface area contributed by atoms with Gasteiger partial charge in [0, 0.05) is 36.9 Å². The van der Waals surface area contributed by atoms with Crippen LogP contribution in [0, 0.1) is 0 Å². The molecular formula is C38H61F3N2O6P+. The Morgan fingerprint density at radius 1 is 0.860 bits per heavy atom. The van der Waals surface area contributed by atoms with Crippen molar-refractivity contribution in [2.24, 2.45) is 0 Å². The van der Waals surface area contributed by atoms with E-state index in [9.17, 15) is 22.5 Å². The summed E-state index contributed by atoms with van der Waals surface area (Å²) in [4.78, 5) is 17.2. The maximum absolute atomic E-state index is 13.2. The number of aliphatic hydroxyl groups is 1. The fourth-order valence-electron chi connectivity index (χ4n) is 5.69. The van der Waals surface area contributed by atoms with Crippen molar-refractivity contribution < 1.29 is 41.1 Å². The SMILES string of the molecule is CCCCCCCCCCCCCCCC(=O)N[C@@H](CCP(=O)(OCC)OCC)Cc1ccc([OH+]Cc2cc(OCC(F)(F)F)ccn2)cc1. The van der Waals surface area contributed by atoms with Crippen molar-refractivity contribution >= 4 is 13.5 Å². The number of rotatable bonds is 29. The van der Waals surface area contributed by atoms with Gasteiger partial charge in [0.15, 0.2) is 6.61 Å². The highest BCUT2D eigenvalue weighted by molar-refractivity contribution is 7.53. The number of ether oxygens (including phenoxy) is 2. The van der Waals surface area contributed by atoms with Crippen LogP contribution in [0.2, 0.25) is 0 Å². The smallest absolute Gasteiger partial charge is 0.422 e. The summed E-state index contributed by atoms with van der Waals surface area (Å²) in [5.74, 6) is 0.747. The van der Waals surface area contributed by atoms with Crippen LogP contribution in [0.4, 0.5) is 13.2 Å². The fraction of sp³-hybridized carbons (Fsp3) is 0.684. The molecule has 2 N–H and O–H groups in total. The van der Waals surface area contributed by atoms with E-state index in [1.54, 1.807) is 13.8 Å². The number of halogens is 3. The molecule has 8 nitrogen and oxygen atoms in total. The second-order valence-corrected chi connectivity index (χ2v) is 15.0. The van der Waals surface area contributed by atoms with Gasteiger partial charge in [-0.3, -0.25) is 14.3 Å². The molecule has 1 heterocycles. The van der Waals surface area contributed by atoms with Gasteiger partial charge in [0.25, 0.3) is 5.75 Å². The maximum Gasteiger partial charge on any atom is 0.422 e. The Balaban J connectivity index is 1.84. The second-order valence-electron chi connectivity index (χ2n) is 12.8. The number of aromatic hydroxyl groups is 1. The average Bonchev–Trinajstić information content (AvgIpc) is 3.08. The Labute approximate surface area is 298 Å². The largest absolute Gasteiger partial charge is 0.578 e. The third-order valence-corrected chi connectivity index (χ3v) is 10.4. The first-order chi connectivity index (χ1) is 24.1. The van der Waals surface area contributed by atoms with Gasteiger partial charge in [0.05, 0.1) is 19.4 Å². The minimum absolute atomic E-state index is 0.0127. The second kappa shape index (κ2) is 25.4. The predicted octanol–water partition coefficient (Wildman–Crippen LogP) is 10.6. The standard InChI is InChI=1S/C38H60F3N2O6P/c1-4-7-8-9-10-11-12-13-14-15-16-17-18-19-37(44)43-33(25-27-50(45,48-5-2)49-6-3)28-32-20-22-35(23-21-32)46-30-34-29-36(24-26-42-34)47-31-38(39,40)41/h20-24,26,29,33H,4-19,25,27-28,30-31H2,1-3H3,(H,43,44)/p+1/t33-/m0/s1. The normalized spacial score (nSPS) is 12.5. The molecule has 0 unspecified atom stereocenters. The Morgan fingerprint density at radius 3 is 2.00 bits per heavy atom. The van der Waals surface area contributed by atoms with Crippen LogP contribution in [0.25, 0.3) is 0 Å². The van der Waals surface area contributed by atoms with Gasteiger partial charge < -0.3 is 23.8 Å². The zero-order valence-corrected chi connectivity index (χ0v) is 31.4. The summed E-state index contributed by atoms with van der Waals surface area (Å²) in [5, 5.41) is 3.17. The minimum Gasteiger partial charge on any atom is -0.578 e. The van der Waals surface area contributed by atoms with E-state index in [1.807, 2.05) is 24.3 Å². The topological polar surface area (TPSA) is 99.6 Å². The monoisotopic (exact) mass is 729 g/mol. The number of carbonyl (C=O) groups is 1. The van der Waals surface area contributed by atoms with Crippen LogP contribution >= 0.6 is 7.60 Å². The quantitative estimate of drug-likeness (QED) is 0.0508. The van der Waals surface area contributed by atoms with Gasteiger partial charge in [-0.25, -0.2) is 0 Å². The third-order valence-electron chi connectivity index (χ3n) is 8.31. The molecule has 2 aromatic rings. The van der Waals surface area contributed by atoms with Crippen molar-refractivity contribution in [2.45, 2.75) is 142 Å². The molecule has 0 saturated heterocycles. The highest BCUT2D eigenvalue weighted by Gasteiger charge is 2.28. The minimum atomic E-state index is -4.42. The molecule has 1 atom stereocenters. The van der Waals surface area contributed by atoms with Crippen molar-refractivity contribution in [1.82, 2.24) is 10.3 Å². The summed E-state index contributed by atoms with van der Waals surface area (Å²) >= 11 is 0. The number of amides is 1. The first kappa shape index (κ1) is 43.5. The number of hydrogen-bond donors (Lipinski definition) is 1. The lowest BCUT2D eigenvalue weighted by Crippen LogP contribution is -2.37. The number of nitrogens with zero attached hydrogens (tertiary/aromatic N) is 1. The molecule has 0 aliphatic heterocycles. The van der Waals surface area contributed by atoms with E-state index in [-0.39, 0.29) is 43.7 Å². The van der Waals surface area contributed by atoms with E-state index in [2.05, 4.69) is 22.0 Å². The van der Waals surface area contributed by atoms with Gasteiger partial charge in [-0.2, -0.15) is 13.2 Å². The lowest BCUT2D eigenvalue weighted by Gasteiger charge is -2.22. The molecule has 0 bridgehead atoms. The van der Waals surface area contributed by atoms with Gasteiger partial charge >= 0.3 is 13.8 Å². The molecule has 0 spiro atoms. The number of unbranched alkanes of at least 4 members (excludes halogenated alkanes) is 12. The molecule has 1 amide bonds. The zero-order valence-electron chi connectivity index (χ0n) is 30.5. The Bertz CT molecular complexity index is 1220. The molecule has 0 aliphatic rings. The van der Waals surface area contributed by atoms with Crippen LogP contribution in [0.15, 0.2) is 42.6 Å². The maximum atomic E-state index is 13.2. The van der Waals surface area contributed by atoms with Crippen molar-refractivity contribution in [1.29, 1.82) is 0 Å². The van der Waals surface area contributed by atoms with Gasteiger partial charge in [0.2, 0.25) is 12.5 Å². The number of nitrogens with one attached hydrogen (secondary N) is 1. The van der Waals surface area contributed by atoms with Crippen LogP contribution in [0.3, 0.4) is 0 Å². The Hall–Kier alpha value is -2.62. The van der Waals surface area contributed by atoms with Crippen LogP contribution in [-0.4, -0.2) is 53.8 Å². The molecule has 0 saturated carbocycles. The van der Waals surface area contributed by atoms with E-state index in [0.717, 1.165) is 24.8 Å². The number of carbonyl (C=O) groups excluding carboxylic acids is 1. The molecular weight excluding hydrogens is 668 g/mol. The van der Waals surface area contributed by atoms with E-state index < -0.39 is 20.4 Å². The first-order valence-electron chi connectivity index (χ1n) is 18.6. The number of pyridine rings is 1. The summed E-state index contributed by atoms with van der Waals surface area (Å²) in [5.41, 5.74) is 1.45.